The van der Waals surface area contributed by atoms with Crippen LogP contribution in [0.4, 0.5) is 0 Å². The highest BCUT2D eigenvalue weighted by atomic mass is 16.2. The van der Waals surface area contributed by atoms with Crippen molar-refractivity contribution in [2.75, 3.05) is 39.3 Å². The van der Waals surface area contributed by atoms with Crippen LogP contribution >= 0.6 is 0 Å². The Hall–Kier alpha value is -7.72. The minimum Gasteiger partial charge on any atom is -0.347 e. The van der Waals surface area contributed by atoms with E-state index in [2.05, 4.69) is 75.8 Å². The van der Waals surface area contributed by atoms with Crippen LogP contribution in [0, 0.1) is 0 Å². The molecule has 536 valence electrons. The van der Waals surface area contributed by atoms with E-state index in [9.17, 15) is 47.9 Å². The molecular weight excluding hydrogens is 1220 g/mol. The van der Waals surface area contributed by atoms with Crippen LogP contribution < -0.4 is 38.5 Å². The normalized spacial score (nSPS) is 14.6. The number of piperidine rings is 2. The number of nitrogens with zero attached hydrogens (tertiary/aromatic N) is 14. The summed E-state index contributed by atoms with van der Waals surface area (Å²) in [5, 5.41) is 34.2. The van der Waals surface area contributed by atoms with Gasteiger partial charge in [0.2, 0.25) is 35.4 Å². The Morgan fingerprint density at radius 1 is 0.484 bits per heavy atom. The van der Waals surface area contributed by atoms with Crippen LogP contribution in [-0.4, -0.2) is 180 Å². The van der Waals surface area contributed by atoms with Crippen LogP contribution in [0.2, 0.25) is 0 Å². The van der Waals surface area contributed by atoms with Crippen LogP contribution in [0.5, 0.6) is 0 Å². The van der Waals surface area contributed by atoms with Crippen LogP contribution in [0.25, 0.3) is 20.9 Å². The fourth-order valence-corrected chi connectivity index (χ4v) is 10.0. The number of nitrogens with two attached hydrogens (primary N) is 3. The van der Waals surface area contributed by atoms with Gasteiger partial charge in [-0.1, -0.05) is 81.5 Å². The first-order valence-corrected chi connectivity index (χ1v) is 34.2. The fraction of sp³-hybridized carbons (Fsp3) is 0.781. The number of aromatic nitrogens is 6. The van der Waals surface area contributed by atoms with Gasteiger partial charge in [-0.25, -0.2) is 0 Å². The molecule has 0 aliphatic carbocycles. The lowest BCUT2D eigenvalue weighted by atomic mass is 10.0. The molecule has 2 aliphatic rings. The number of carbonyl (C=O) groups excluding carboxylic acids is 10. The summed E-state index contributed by atoms with van der Waals surface area (Å²) >= 11 is 0. The molecular formula is C64H115N21O10. The van der Waals surface area contributed by atoms with Gasteiger partial charge in [0.25, 0.3) is 0 Å². The first kappa shape index (κ1) is 87.3. The number of likely N-dealkylation sites (tertiary alicyclic amines) is 2. The molecule has 95 heavy (non-hydrogen) atoms. The van der Waals surface area contributed by atoms with Crippen molar-refractivity contribution in [2.24, 2.45) is 27.4 Å². The molecule has 0 bridgehead atoms. The molecule has 5 unspecified atom stereocenters. The molecule has 4 rings (SSSR count). The Labute approximate surface area is 562 Å². The standard InChI is InChI=1S/C23H39N7O4.C20H34N6O3.C10H18N4O2.C8H16N4O.C3H8/c1-4-21(32)19(25-17(3)31)10-6-9-13-30-15-18(27-28-30)14-20(26-22(33)16(2)24)23(34)29-11-7-5-8-12-29;1-3-19(28)18(22-15(2)27)9-5-8-12-26-14-16(23-24-26)13-17(21)20(29)25-10-6-4-7-11-25;1-3-10(16)9(13-8(2)15)6-4-5-7-12-14-11;1-2-8(13)7(9)5-3-4-6-11-12-10;1-3-2/h15-16,19-20H,4-14,24H2,1-3H3,(H,25,31)(H,26,33);14,17-18H,3-13,21H2,1-2H3,(H,22,27);9H,3-7H2,1-2H3,(H,13,15);7H,2-6,9H2,1H3;3H2,1-2H3/t16?,19?,20-;17-,18?;;;/m00.../s1. The molecule has 31 heteroatoms. The van der Waals surface area contributed by atoms with E-state index >= 15 is 0 Å². The summed E-state index contributed by atoms with van der Waals surface area (Å²) in [5.41, 5.74) is 34.7. The quantitative estimate of drug-likeness (QED) is 0.0168. The summed E-state index contributed by atoms with van der Waals surface area (Å²) in [6.07, 6.45) is 22.2. The predicted octanol–water partition coefficient (Wildman–Crippen LogP) is 6.27. The van der Waals surface area contributed by atoms with E-state index in [1.54, 1.807) is 48.2 Å². The second kappa shape index (κ2) is 53.5. The van der Waals surface area contributed by atoms with Crippen molar-refractivity contribution in [3.63, 3.8) is 0 Å². The average Bonchev–Trinajstić information content (AvgIpc) is 1.92. The highest BCUT2D eigenvalue weighted by Gasteiger charge is 2.30. The third-order valence-corrected chi connectivity index (χ3v) is 15.2. The molecule has 4 heterocycles. The zero-order valence-electron chi connectivity index (χ0n) is 58.6. The van der Waals surface area contributed by atoms with Crippen LogP contribution in [0.15, 0.2) is 22.6 Å². The predicted molar refractivity (Wildman–Crippen MR) is 363 cm³/mol. The lowest BCUT2D eigenvalue weighted by Crippen LogP contribution is -2.53. The number of rotatable bonds is 39. The smallest absolute Gasteiger partial charge is 0.245 e. The van der Waals surface area contributed by atoms with E-state index in [1.807, 2.05) is 18.0 Å². The van der Waals surface area contributed by atoms with Gasteiger partial charge in [0, 0.05) is 134 Å². The molecule has 0 aromatic carbocycles. The summed E-state index contributed by atoms with van der Waals surface area (Å²) in [7, 11) is 0. The van der Waals surface area contributed by atoms with Crippen molar-refractivity contribution in [2.45, 2.75) is 285 Å². The third-order valence-electron chi connectivity index (χ3n) is 15.2. The highest BCUT2D eigenvalue weighted by Crippen LogP contribution is 2.15. The number of nitrogens with one attached hydrogen (secondary N) is 4. The maximum Gasteiger partial charge on any atom is 0.245 e. The Balaban J connectivity index is 0.00000130. The third kappa shape index (κ3) is 41.0. The summed E-state index contributed by atoms with van der Waals surface area (Å²) in [6.45, 7) is 22.4. The van der Waals surface area contributed by atoms with Gasteiger partial charge in [-0.05, 0) is 121 Å². The van der Waals surface area contributed by atoms with Gasteiger partial charge in [-0.3, -0.25) is 57.3 Å². The van der Waals surface area contributed by atoms with Gasteiger partial charge >= 0.3 is 0 Å². The molecule has 0 saturated carbocycles. The monoisotopic (exact) mass is 1340 g/mol. The molecule has 2 aromatic heterocycles. The summed E-state index contributed by atoms with van der Waals surface area (Å²) in [5.74, 6) is -0.878. The molecule has 7 atom stereocenters. The number of azide groups is 2. The maximum atomic E-state index is 13.1. The van der Waals surface area contributed by atoms with Crippen molar-refractivity contribution in [3.05, 3.63) is 44.7 Å². The molecule has 0 spiro atoms. The number of hydrogen-bond donors (Lipinski definition) is 7. The molecule has 2 fully saturated rings. The molecule has 10 N–H and O–H groups in total. The molecule has 6 amide bonds. The van der Waals surface area contributed by atoms with Crippen molar-refractivity contribution in [1.82, 2.24) is 61.1 Å². The minimum atomic E-state index is -0.736. The SMILES string of the molecule is CCC.CCC(=O)C(CCCCN=[N+]=[N-])NC(C)=O.CCC(=O)C(CCCCn1cc(C[C@H](N)C(=O)N2CCCCC2)nn1)NC(C)=O.CCC(=O)C(CCCCn1cc(C[C@H](NC(=O)C(C)N)C(=O)N2CCCCC2)nn1)NC(C)=O.CCC(=O)C(N)CCCCN=[N+]=[N-]. The Morgan fingerprint density at radius 2 is 0.842 bits per heavy atom. The number of Topliss-reactive ketones (excluding diaryl/α,β-unsaturated/α-hetero) is 4. The second-order valence-corrected chi connectivity index (χ2v) is 23.8. The number of unbranched alkanes of at least 4 members (excludes halogenated alkanes) is 4. The summed E-state index contributed by atoms with van der Waals surface area (Å²) in [6, 6.07) is -3.64. The Morgan fingerprint density at radius 3 is 1.20 bits per heavy atom. The maximum absolute atomic E-state index is 13.1. The van der Waals surface area contributed by atoms with E-state index in [-0.39, 0.29) is 71.0 Å². The number of hydrogen-bond acceptors (Lipinski definition) is 19. The van der Waals surface area contributed by atoms with Crippen molar-refractivity contribution in [3.8, 4) is 0 Å². The van der Waals surface area contributed by atoms with Gasteiger partial charge in [-0.2, -0.15) is 0 Å². The summed E-state index contributed by atoms with van der Waals surface area (Å²) in [4.78, 5) is 126. The van der Waals surface area contributed by atoms with Gasteiger partial charge in [0.15, 0.2) is 17.3 Å². The first-order chi connectivity index (χ1) is 45.4. The van der Waals surface area contributed by atoms with E-state index in [0.717, 1.165) is 96.6 Å². The van der Waals surface area contributed by atoms with Crippen molar-refractivity contribution < 1.29 is 47.9 Å². The van der Waals surface area contributed by atoms with E-state index < -0.39 is 36.3 Å². The van der Waals surface area contributed by atoms with Gasteiger partial charge in [-0.15, -0.1) is 10.2 Å². The largest absolute Gasteiger partial charge is 0.347 e. The topological polar surface area (TPSA) is 462 Å². The number of amides is 6. The van der Waals surface area contributed by atoms with Crippen molar-refractivity contribution >= 4 is 58.6 Å². The number of ketones is 4. The van der Waals surface area contributed by atoms with Gasteiger partial charge in [0.1, 0.15) is 11.8 Å². The van der Waals surface area contributed by atoms with Gasteiger partial charge < -0.3 is 48.3 Å². The van der Waals surface area contributed by atoms with Crippen LogP contribution in [0.1, 0.15) is 228 Å². The summed E-state index contributed by atoms with van der Waals surface area (Å²) < 4.78 is 3.43. The van der Waals surface area contributed by atoms with E-state index in [1.165, 1.54) is 33.6 Å². The van der Waals surface area contributed by atoms with Crippen molar-refractivity contribution in [1.29, 1.82) is 0 Å². The fourth-order valence-electron chi connectivity index (χ4n) is 10.0. The molecule has 31 nitrogen and oxygen atoms in total. The molecule has 2 saturated heterocycles. The van der Waals surface area contributed by atoms with Crippen LogP contribution in [-0.2, 0) is 73.9 Å². The number of carbonyl (C=O) groups is 10. The van der Waals surface area contributed by atoms with Gasteiger partial charge in [0.05, 0.1) is 47.6 Å². The highest BCUT2D eigenvalue weighted by molar-refractivity contribution is 5.91. The molecule has 2 aromatic rings. The lowest BCUT2D eigenvalue weighted by Gasteiger charge is -2.30. The zero-order valence-corrected chi connectivity index (χ0v) is 58.6. The van der Waals surface area contributed by atoms with Crippen LogP contribution in [0.3, 0.4) is 0 Å². The lowest BCUT2D eigenvalue weighted by molar-refractivity contribution is -0.137. The second-order valence-electron chi connectivity index (χ2n) is 23.8. The zero-order chi connectivity index (χ0) is 71.5. The minimum absolute atomic E-state index is 0.0103. The van der Waals surface area contributed by atoms with E-state index in [4.69, 9.17) is 28.3 Å². The average molecular weight is 1340 g/mol. The van der Waals surface area contributed by atoms with E-state index in [0.29, 0.717) is 108 Å². The first-order valence-electron chi connectivity index (χ1n) is 34.2. The molecule has 2 aliphatic heterocycles. The Bertz CT molecular complexity index is 2680. The number of aryl methyl sites for hydroxylation is 2. The molecule has 0 radical (unpaired) electrons. The Kier molecular flexibility index (Phi) is 49.2.